The second kappa shape index (κ2) is 8.47. The van der Waals surface area contributed by atoms with Gasteiger partial charge in [-0.05, 0) is 87.9 Å². The van der Waals surface area contributed by atoms with E-state index >= 15 is 0 Å². The first-order valence-electron chi connectivity index (χ1n) is 12.9. The number of nitriles is 1. The number of fused-ring (bicyclic) bond motifs is 1. The van der Waals surface area contributed by atoms with Crippen molar-refractivity contribution in [2.24, 2.45) is 29.1 Å². The van der Waals surface area contributed by atoms with E-state index in [4.69, 9.17) is 4.74 Å². The zero-order valence-electron chi connectivity index (χ0n) is 19.5. The molecule has 170 valence electrons. The lowest BCUT2D eigenvalue weighted by Crippen LogP contribution is -2.47. The molecule has 0 aromatic rings. The molecule has 4 atom stereocenters. The smallest absolute Gasteiger partial charge is 0.144 e. The summed E-state index contributed by atoms with van der Waals surface area (Å²) >= 11 is 0. The molecule has 0 aromatic heterocycles. The normalized spacial score (nSPS) is 39.5. The van der Waals surface area contributed by atoms with Crippen LogP contribution in [0.4, 0.5) is 0 Å². The van der Waals surface area contributed by atoms with Gasteiger partial charge < -0.3 is 14.5 Å². The molecule has 3 aliphatic carbocycles. The van der Waals surface area contributed by atoms with Crippen molar-refractivity contribution in [2.45, 2.75) is 83.3 Å². The van der Waals surface area contributed by atoms with Crippen LogP contribution < -0.4 is 0 Å². The lowest BCUT2D eigenvalue weighted by atomic mass is 9.67. The van der Waals surface area contributed by atoms with E-state index in [0.29, 0.717) is 23.4 Å². The van der Waals surface area contributed by atoms with Crippen molar-refractivity contribution in [3.8, 4) is 6.07 Å². The van der Waals surface area contributed by atoms with Crippen molar-refractivity contribution in [1.29, 1.82) is 5.26 Å². The molecule has 0 aromatic carbocycles. The van der Waals surface area contributed by atoms with Crippen LogP contribution >= 0.6 is 0 Å². The average Bonchev–Trinajstić information content (AvgIpc) is 3.43. The van der Waals surface area contributed by atoms with E-state index in [1.165, 1.54) is 69.2 Å². The maximum atomic E-state index is 9.20. The first-order valence-corrected chi connectivity index (χ1v) is 12.9. The summed E-state index contributed by atoms with van der Waals surface area (Å²) in [6.07, 6.45) is 13.0. The molecule has 2 saturated heterocycles. The molecule has 0 amide bonds. The summed E-state index contributed by atoms with van der Waals surface area (Å²) in [5, 5.41) is 9.20. The number of ether oxygens (including phenoxy) is 1. The van der Waals surface area contributed by atoms with E-state index in [2.05, 4.69) is 36.0 Å². The fourth-order valence-electron chi connectivity index (χ4n) is 7.06. The molecule has 4 heteroatoms. The van der Waals surface area contributed by atoms with Crippen LogP contribution in [0.3, 0.4) is 0 Å². The van der Waals surface area contributed by atoms with Gasteiger partial charge in [-0.1, -0.05) is 20.1 Å². The van der Waals surface area contributed by atoms with Gasteiger partial charge >= 0.3 is 0 Å². The second-order valence-corrected chi connectivity index (χ2v) is 11.4. The highest BCUT2D eigenvalue weighted by Gasteiger charge is 2.44. The van der Waals surface area contributed by atoms with Crippen LogP contribution in [-0.2, 0) is 4.74 Å². The Morgan fingerprint density at radius 1 is 0.871 bits per heavy atom. The molecule has 3 saturated carbocycles. The number of hydrogen-bond donors (Lipinski definition) is 0. The lowest BCUT2D eigenvalue weighted by Gasteiger charge is -2.44. The summed E-state index contributed by atoms with van der Waals surface area (Å²) in [5.74, 6) is 3.06. The van der Waals surface area contributed by atoms with Gasteiger partial charge in [0.15, 0.2) is 0 Å². The van der Waals surface area contributed by atoms with Crippen molar-refractivity contribution < 1.29 is 4.74 Å². The Morgan fingerprint density at radius 3 is 2.16 bits per heavy atom. The fraction of sp³-hybridized carbons (Fsp3) is 0.815. The van der Waals surface area contributed by atoms with Crippen LogP contribution in [0.25, 0.3) is 0 Å². The van der Waals surface area contributed by atoms with E-state index in [-0.39, 0.29) is 6.10 Å². The Kier molecular flexibility index (Phi) is 5.84. The Labute approximate surface area is 189 Å². The van der Waals surface area contributed by atoms with Crippen molar-refractivity contribution >= 4 is 0 Å². The summed E-state index contributed by atoms with van der Waals surface area (Å²) < 4.78 is 5.92. The molecule has 0 bridgehead atoms. The highest BCUT2D eigenvalue weighted by molar-refractivity contribution is 5.17. The predicted octanol–water partition coefficient (Wildman–Crippen LogP) is 5.34. The van der Waals surface area contributed by atoms with Gasteiger partial charge in [0.05, 0.1) is 12.2 Å². The standard InChI is InChI=1S/C27H41N3O/c1-19(29-12-14-30(15-13-29)20(2)27(3)10-11-27)21-4-6-22(7-5-21)23-8-9-26-24(16-23)17-25(18-28)31-26/h21-26H,1-2,4-17H2,3H3. The number of allylic oxidation sites excluding steroid dienone is 2. The number of hydrogen-bond acceptors (Lipinski definition) is 4. The summed E-state index contributed by atoms with van der Waals surface area (Å²) in [5.41, 5.74) is 3.18. The molecule has 5 aliphatic rings. The zero-order valence-corrected chi connectivity index (χ0v) is 19.5. The highest BCUT2D eigenvalue weighted by atomic mass is 16.5. The molecule has 5 fully saturated rings. The van der Waals surface area contributed by atoms with Crippen LogP contribution in [0.2, 0.25) is 0 Å². The number of piperazine rings is 1. The second-order valence-electron chi connectivity index (χ2n) is 11.4. The van der Waals surface area contributed by atoms with E-state index in [1.807, 2.05) is 0 Å². The minimum absolute atomic E-state index is 0.141. The third-order valence-electron chi connectivity index (χ3n) is 9.63. The Bertz CT molecular complexity index is 734. The SMILES string of the molecule is C=C(C1CCC(C2CCC3OC(C#N)CC3C2)CC1)N1CCN(C(=C)C2(C)CC2)CC1. The van der Waals surface area contributed by atoms with Crippen molar-refractivity contribution in [2.75, 3.05) is 26.2 Å². The van der Waals surface area contributed by atoms with Crippen molar-refractivity contribution in [1.82, 2.24) is 9.80 Å². The van der Waals surface area contributed by atoms with Crippen LogP contribution in [-0.4, -0.2) is 48.2 Å². The first-order chi connectivity index (χ1) is 15.0. The van der Waals surface area contributed by atoms with Gasteiger partial charge in [-0.3, -0.25) is 0 Å². The predicted molar refractivity (Wildman–Crippen MR) is 124 cm³/mol. The van der Waals surface area contributed by atoms with Gasteiger partial charge in [-0.2, -0.15) is 5.26 Å². The van der Waals surface area contributed by atoms with Gasteiger partial charge in [0.2, 0.25) is 0 Å². The Morgan fingerprint density at radius 2 is 1.52 bits per heavy atom. The van der Waals surface area contributed by atoms with Gasteiger partial charge in [-0.25, -0.2) is 0 Å². The summed E-state index contributed by atoms with van der Waals surface area (Å²) in [6.45, 7) is 15.8. The first kappa shape index (κ1) is 21.4. The van der Waals surface area contributed by atoms with Crippen LogP contribution in [0.1, 0.15) is 71.1 Å². The monoisotopic (exact) mass is 423 g/mol. The minimum atomic E-state index is -0.141. The molecular formula is C27H41N3O. The topological polar surface area (TPSA) is 39.5 Å². The quantitative estimate of drug-likeness (QED) is 0.599. The molecule has 2 heterocycles. The van der Waals surface area contributed by atoms with Gasteiger partial charge in [0, 0.05) is 43.0 Å². The summed E-state index contributed by atoms with van der Waals surface area (Å²) in [6, 6.07) is 2.34. The lowest BCUT2D eigenvalue weighted by molar-refractivity contribution is 0.0170. The summed E-state index contributed by atoms with van der Waals surface area (Å²) in [7, 11) is 0. The molecule has 0 spiro atoms. The number of rotatable bonds is 5. The molecule has 4 nitrogen and oxygen atoms in total. The maximum absolute atomic E-state index is 9.20. The van der Waals surface area contributed by atoms with Crippen LogP contribution in [0.15, 0.2) is 24.6 Å². The molecule has 5 rings (SSSR count). The van der Waals surface area contributed by atoms with Crippen molar-refractivity contribution in [3.05, 3.63) is 24.6 Å². The van der Waals surface area contributed by atoms with Gasteiger partial charge in [0.1, 0.15) is 6.10 Å². The molecular weight excluding hydrogens is 382 g/mol. The third-order valence-corrected chi connectivity index (χ3v) is 9.63. The Hall–Kier alpha value is -1.47. The molecule has 4 unspecified atom stereocenters. The van der Waals surface area contributed by atoms with E-state index in [1.54, 1.807) is 0 Å². The van der Waals surface area contributed by atoms with Crippen molar-refractivity contribution in [3.63, 3.8) is 0 Å². The van der Waals surface area contributed by atoms with E-state index < -0.39 is 0 Å². The summed E-state index contributed by atoms with van der Waals surface area (Å²) in [4.78, 5) is 5.11. The molecule has 2 aliphatic heterocycles. The average molecular weight is 424 g/mol. The maximum Gasteiger partial charge on any atom is 0.144 e. The largest absolute Gasteiger partial charge is 0.372 e. The van der Waals surface area contributed by atoms with Crippen LogP contribution in [0, 0.1) is 40.4 Å². The third kappa shape index (κ3) is 4.28. The van der Waals surface area contributed by atoms with Crippen LogP contribution in [0.5, 0.6) is 0 Å². The van der Waals surface area contributed by atoms with Gasteiger partial charge in [-0.15, -0.1) is 0 Å². The Balaban J connectivity index is 1.07. The van der Waals surface area contributed by atoms with E-state index in [0.717, 1.165) is 44.4 Å². The fourth-order valence-corrected chi connectivity index (χ4v) is 7.06. The minimum Gasteiger partial charge on any atom is -0.372 e. The number of nitrogens with zero attached hydrogens (tertiary/aromatic N) is 3. The molecule has 0 radical (unpaired) electrons. The van der Waals surface area contributed by atoms with Gasteiger partial charge in [0.25, 0.3) is 0 Å². The zero-order chi connectivity index (χ0) is 21.6. The molecule has 31 heavy (non-hydrogen) atoms. The van der Waals surface area contributed by atoms with E-state index in [9.17, 15) is 5.26 Å². The highest BCUT2D eigenvalue weighted by Crippen LogP contribution is 2.52. The molecule has 0 N–H and O–H groups in total.